The quantitative estimate of drug-likeness (QED) is 0.832. The van der Waals surface area contributed by atoms with Crippen LogP contribution in [-0.2, 0) is 0 Å². The van der Waals surface area contributed by atoms with E-state index in [1.54, 1.807) is 11.3 Å². The number of aryl methyl sites for hydroxylation is 1. The Morgan fingerprint density at radius 3 is 2.54 bits per heavy atom. The molecule has 0 unspecified atom stereocenters. The Morgan fingerprint density at radius 2 is 1.92 bits per heavy atom. The normalized spacial score (nSPS) is 15.9. The van der Waals surface area contributed by atoms with Gasteiger partial charge in [-0.05, 0) is 45.4 Å². The number of thiazole rings is 1. The number of fused-ring (bicyclic) bond motifs is 1. The van der Waals surface area contributed by atoms with Gasteiger partial charge in [0.1, 0.15) is 0 Å². The van der Waals surface area contributed by atoms with Gasteiger partial charge in [-0.25, -0.2) is 9.78 Å². The van der Waals surface area contributed by atoms with E-state index in [0.717, 1.165) is 39.0 Å². The van der Waals surface area contributed by atoms with E-state index >= 15 is 0 Å². The number of nitrogens with one attached hydrogen (secondary N) is 1. The zero-order chi connectivity index (χ0) is 17.5. The van der Waals surface area contributed by atoms with Gasteiger partial charge in [-0.15, -0.1) is 0 Å². The monoisotopic (exact) mass is 366 g/mol. The lowest BCUT2D eigenvalue weighted by atomic mass is 10.1. The van der Waals surface area contributed by atoms with Crippen molar-refractivity contribution in [3.8, 4) is 0 Å². The van der Waals surface area contributed by atoms with Crippen molar-refractivity contribution in [2.45, 2.75) is 33.2 Å². The van der Waals surface area contributed by atoms with Crippen LogP contribution in [0.4, 0.5) is 9.93 Å². The van der Waals surface area contributed by atoms with E-state index in [-0.39, 0.29) is 11.6 Å². The summed E-state index contributed by atoms with van der Waals surface area (Å²) in [5, 5.41) is 4.78. The Labute approximate surface area is 151 Å². The molecule has 5 nitrogen and oxygen atoms in total. The molecule has 1 fully saturated rings. The molecule has 1 aromatic carbocycles. The zero-order valence-corrected chi connectivity index (χ0v) is 16.1. The lowest BCUT2D eigenvalue weighted by Gasteiger charge is -2.36. The first kappa shape index (κ1) is 17.3. The van der Waals surface area contributed by atoms with Crippen molar-refractivity contribution >= 4 is 44.3 Å². The Kier molecular flexibility index (Phi) is 4.62. The Hall–Kier alpha value is -1.53. The second-order valence-electron chi connectivity index (χ2n) is 7.17. The predicted molar refractivity (Wildman–Crippen MR) is 101 cm³/mol. The molecule has 2 aromatic rings. The van der Waals surface area contributed by atoms with Gasteiger partial charge < -0.3 is 15.1 Å². The van der Waals surface area contributed by atoms with E-state index in [4.69, 9.17) is 16.6 Å². The van der Waals surface area contributed by atoms with Gasteiger partial charge in [-0.1, -0.05) is 22.9 Å². The van der Waals surface area contributed by atoms with Gasteiger partial charge in [0.05, 0.1) is 10.2 Å². The van der Waals surface area contributed by atoms with E-state index < -0.39 is 0 Å². The molecule has 2 heterocycles. The van der Waals surface area contributed by atoms with Crippen LogP contribution in [0.25, 0.3) is 10.2 Å². The van der Waals surface area contributed by atoms with E-state index in [1.165, 1.54) is 0 Å². The average Bonchev–Trinajstić information content (AvgIpc) is 2.94. The van der Waals surface area contributed by atoms with Gasteiger partial charge in [0, 0.05) is 36.7 Å². The fourth-order valence-corrected chi connectivity index (χ4v) is 3.95. The largest absolute Gasteiger partial charge is 0.345 e. The zero-order valence-electron chi connectivity index (χ0n) is 14.5. The van der Waals surface area contributed by atoms with Crippen LogP contribution < -0.4 is 10.2 Å². The summed E-state index contributed by atoms with van der Waals surface area (Å²) >= 11 is 7.87. The van der Waals surface area contributed by atoms with Crippen molar-refractivity contribution in [3.05, 3.63) is 22.7 Å². The number of piperazine rings is 1. The molecular weight excluding hydrogens is 344 g/mol. The molecule has 130 valence electrons. The van der Waals surface area contributed by atoms with Gasteiger partial charge in [0.2, 0.25) is 0 Å². The fourth-order valence-electron chi connectivity index (χ4n) is 2.72. The first-order chi connectivity index (χ1) is 11.2. The molecule has 7 heteroatoms. The van der Waals surface area contributed by atoms with Gasteiger partial charge in [-0.3, -0.25) is 0 Å². The lowest BCUT2D eigenvalue weighted by molar-refractivity contribution is 0.185. The number of rotatable bonds is 1. The summed E-state index contributed by atoms with van der Waals surface area (Å²) < 4.78 is 1.15. The summed E-state index contributed by atoms with van der Waals surface area (Å²) in [7, 11) is 0. The highest BCUT2D eigenvalue weighted by molar-refractivity contribution is 7.22. The molecule has 24 heavy (non-hydrogen) atoms. The van der Waals surface area contributed by atoms with E-state index in [1.807, 2.05) is 44.7 Å². The number of hydrogen-bond acceptors (Lipinski definition) is 4. The average molecular weight is 367 g/mol. The first-order valence-corrected chi connectivity index (χ1v) is 9.32. The van der Waals surface area contributed by atoms with Crippen LogP contribution in [-0.4, -0.2) is 47.6 Å². The highest BCUT2D eigenvalue weighted by Crippen LogP contribution is 2.33. The third-order valence-corrected chi connectivity index (χ3v) is 5.55. The Balaban J connectivity index is 1.69. The topological polar surface area (TPSA) is 48.5 Å². The number of halogens is 1. The van der Waals surface area contributed by atoms with Gasteiger partial charge in [-0.2, -0.15) is 0 Å². The van der Waals surface area contributed by atoms with Gasteiger partial charge in [0.15, 0.2) is 5.13 Å². The molecule has 2 amide bonds. The second kappa shape index (κ2) is 6.41. The van der Waals surface area contributed by atoms with Crippen LogP contribution in [0.15, 0.2) is 12.1 Å². The SMILES string of the molecule is Cc1c(Cl)ccc2sc(N3CCN(C(=O)NC(C)(C)C)CC3)nc12. The number of carbonyl (C=O) groups is 1. The summed E-state index contributed by atoms with van der Waals surface area (Å²) in [6.07, 6.45) is 0. The third kappa shape index (κ3) is 3.59. The molecule has 0 atom stereocenters. The highest BCUT2D eigenvalue weighted by Gasteiger charge is 2.25. The van der Waals surface area contributed by atoms with Crippen molar-refractivity contribution < 1.29 is 4.79 Å². The second-order valence-corrected chi connectivity index (χ2v) is 8.59. The standard InChI is InChI=1S/C17H23ClN4OS/c1-11-12(18)5-6-13-14(11)19-16(24-13)22-9-7-21(8-10-22)15(23)20-17(2,3)4/h5-6H,7-10H2,1-4H3,(H,20,23). The van der Waals surface area contributed by atoms with E-state index in [0.29, 0.717) is 13.1 Å². The van der Waals surface area contributed by atoms with Gasteiger partial charge in [0.25, 0.3) is 0 Å². The summed E-state index contributed by atoms with van der Waals surface area (Å²) in [6.45, 7) is 11.0. The van der Waals surface area contributed by atoms with Crippen molar-refractivity contribution in [3.63, 3.8) is 0 Å². The van der Waals surface area contributed by atoms with Gasteiger partial charge >= 0.3 is 6.03 Å². The van der Waals surface area contributed by atoms with Crippen molar-refractivity contribution in [1.82, 2.24) is 15.2 Å². The maximum absolute atomic E-state index is 12.2. The van der Waals surface area contributed by atoms with Crippen molar-refractivity contribution in [2.75, 3.05) is 31.1 Å². The third-order valence-electron chi connectivity index (χ3n) is 4.06. The summed E-state index contributed by atoms with van der Waals surface area (Å²) in [4.78, 5) is 21.1. The van der Waals surface area contributed by atoms with Crippen molar-refractivity contribution in [2.24, 2.45) is 0 Å². The molecule has 3 rings (SSSR count). The van der Waals surface area contributed by atoms with Crippen LogP contribution in [0.2, 0.25) is 5.02 Å². The molecule has 0 radical (unpaired) electrons. The Bertz CT molecular complexity index is 760. The van der Waals surface area contributed by atoms with Crippen LogP contribution >= 0.6 is 22.9 Å². The molecular formula is C17H23ClN4OS. The van der Waals surface area contributed by atoms with E-state index in [2.05, 4.69) is 10.2 Å². The minimum atomic E-state index is -0.210. The highest BCUT2D eigenvalue weighted by atomic mass is 35.5. The first-order valence-electron chi connectivity index (χ1n) is 8.12. The van der Waals surface area contributed by atoms with Crippen LogP contribution in [0, 0.1) is 6.92 Å². The molecule has 1 aliphatic heterocycles. The molecule has 1 N–H and O–H groups in total. The number of aromatic nitrogens is 1. The maximum atomic E-state index is 12.2. The lowest BCUT2D eigenvalue weighted by Crippen LogP contribution is -2.55. The number of benzene rings is 1. The van der Waals surface area contributed by atoms with Crippen LogP contribution in [0.3, 0.4) is 0 Å². The molecule has 1 saturated heterocycles. The summed E-state index contributed by atoms with van der Waals surface area (Å²) in [5.41, 5.74) is 1.80. The van der Waals surface area contributed by atoms with E-state index in [9.17, 15) is 4.79 Å². The smallest absolute Gasteiger partial charge is 0.317 e. The molecule has 1 aromatic heterocycles. The molecule has 0 saturated carbocycles. The number of nitrogens with zero attached hydrogens (tertiary/aromatic N) is 3. The number of amides is 2. The minimum Gasteiger partial charge on any atom is -0.345 e. The van der Waals surface area contributed by atoms with Crippen LogP contribution in [0.5, 0.6) is 0 Å². The number of hydrogen-bond donors (Lipinski definition) is 1. The summed E-state index contributed by atoms with van der Waals surface area (Å²) in [5.74, 6) is 0. The minimum absolute atomic E-state index is 0.00840. The fraction of sp³-hybridized carbons (Fsp3) is 0.529. The number of carbonyl (C=O) groups excluding carboxylic acids is 1. The molecule has 1 aliphatic rings. The Morgan fingerprint density at radius 1 is 1.25 bits per heavy atom. The molecule has 0 spiro atoms. The maximum Gasteiger partial charge on any atom is 0.317 e. The molecule has 0 bridgehead atoms. The number of urea groups is 1. The van der Waals surface area contributed by atoms with Crippen molar-refractivity contribution in [1.29, 1.82) is 0 Å². The molecule has 0 aliphatic carbocycles. The number of anilines is 1. The predicted octanol–water partition coefficient (Wildman–Crippen LogP) is 3.89. The summed E-state index contributed by atoms with van der Waals surface area (Å²) in [6, 6.07) is 3.96. The van der Waals surface area contributed by atoms with Crippen LogP contribution in [0.1, 0.15) is 26.3 Å².